The highest BCUT2D eigenvalue weighted by Gasteiger charge is 2.17. The lowest BCUT2D eigenvalue weighted by atomic mass is 10.0. The van der Waals surface area contributed by atoms with Gasteiger partial charge in [0.05, 0.1) is 11.3 Å². The van der Waals surface area contributed by atoms with Gasteiger partial charge in [0.1, 0.15) is 11.5 Å². The molecule has 19 heavy (non-hydrogen) atoms. The Kier molecular flexibility index (Phi) is 3.37. The van der Waals surface area contributed by atoms with Crippen LogP contribution in [0.1, 0.15) is 28.7 Å². The van der Waals surface area contributed by atoms with Gasteiger partial charge in [-0.15, -0.1) is 0 Å². The summed E-state index contributed by atoms with van der Waals surface area (Å²) in [5.74, 6) is -0.588. The first-order chi connectivity index (χ1) is 8.99. The number of carbonyl (C=O) groups is 1. The number of nitrogens with zero attached hydrogens (tertiary/aromatic N) is 1. The van der Waals surface area contributed by atoms with Crippen LogP contribution >= 0.6 is 0 Å². The molecule has 0 fully saturated rings. The van der Waals surface area contributed by atoms with E-state index in [2.05, 4.69) is 4.98 Å². The molecule has 5 heteroatoms. The van der Waals surface area contributed by atoms with Crippen LogP contribution in [0.25, 0.3) is 0 Å². The van der Waals surface area contributed by atoms with Crippen molar-refractivity contribution in [2.45, 2.75) is 6.92 Å². The molecule has 1 heterocycles. The summed E-state index contributed by atoms with van der Waals surface area (Å²) in [4.78, 5) is 15.4. The lowest BCUT2D eigenvalue weighted by Crippen LogP contribution is -2.42. The molecule has 1 aromatic heterocycles. The molecule has 2 rings (SSSR count). The Hall–Kier alpha value is -2.56. The smallest absolute Gasteiger partial charge is 0.232 e. The number of hydrogen-bond acceptors (Lipinski definition) is 3. The third kappa shape index (κ3) is 2.65. The van der Waals surface area contributed by atoms with Crippen molar-refractivity contribution in [3.8, 4) is 0 Å². The first-order valence-electron chi connectivity index (χ1n) is 5.65. The molecule has 96 valence electrons. The molecule has 2 aromatic rings. The number of carbonyl (C=O) groups excluding carboxylic acids is 1. The van der Waals surface area contributed by atoms with E-state index in [4.69, 9.17) is 11.1 Å². The summed E-state index contributed by atoms with van der Waals surface area (Å²) in [5, 5.41) is 5.95. The van der Waals surface area contributed by atoms with E-state index in [9.17, 15) is 9.18 Å². The summed E-state index contributed by atoms with van der Waals surface area (Å²) < 4.78 is 13.2. The monoisotopic (exact) mass is 258 g/mol. The van der Waals surface area contributed by atoms with Crippen molar-refractivity contribution in [2.24, 2.45) is 0 Å². The van der Waals surface area contributed by atoms with Gasteiger partial charge < -0.3 is 5.73 Å². The van der Waals surface area contributed by atoms with Crippen LogP contribution < -0.4 is 11.1 Å². The van der Waals surface area contributed by atoms with Crippen molar-refractivity contribution >= 4 is 17.2 Å². The molecule has 0 saturated heterocycles. The summed E-state index contributed by atoms with van der Waals surface area (Å²) in [7, 11) is 0. The molecule has 0 bridgehead atoms. The SMILES string of the molecule is CC(=O)c1ccc(N)c(C(=[NH2+])c2cccc(F)c2)n1. The topological polar surface area (TPSA) is 81.6 Å². The molecular formula is C14H13FN3O+. The van der Waals surface area contributed by atoms with E-state index in [1.165, 1.54) is 25.1 Å². The lowest BCUT2D eigenvalue weighted by molar-refractivity contribution is -0.111. The molecule has 0 unspecified atom stereocenters. The summed E-state index contributed by atoms with van der Waals surface area (Å²) in [6.07, 6.45) is 0. The van der Waals surface area contributed by atoms with Crippen molar-refractivity contribution in [1.82, 2.24) is 4.98 Å². The van der Waals surface area contributed by atoms with Crippen LogP contribution in [0.4, 0.5) is 10.1 Å². The van der Waals surface area contributed by atoms with Gasteiger partial charge in [-0.3, -0.25) is 10.2 Å². The average Bonchev–Trinajstić information content (AvgIpc) is 2.38. The van der Waals surface area contributed by atoms with Gasteiger partial charge in [0.2, 0.25) is 5.71 Å². The molecule has 0 aliphatic rings. The summed E-state index contributed by atoms with van der Waals surface area (Å²) in [5.41, 5.74) is 7.40. The molecule has 4 N–H and O–H groups in total. The van der Waals surface area contributed by atoms with Crippen molar-refractivity contribution in [3.63, 3.8) is 0 Å². The van der Waals surface area contributed by atoms with Crippen molar-refractivity contribution in [1.29, 1.82) is 0 Å². The van der Waals surface area contributed by atoms with Crippen LogP contribution in [0, 0.1) is 5.82 Å². The normalized spacial score (nSPS) is 10.2. The van der Waals surface area contributed by atoms with Crippen LogP contribution in [0.2, 0.25) is 0 Å². The van der Waals surface area contributed by atoms with Gasteiger partial charge in [-0.05, 0) is 30.3 Å². The zero-order valence-electron chi connectivity index (χ0n) is 10.4. The maximum absolute atomic E-state index is 13.2. The number of ketones is 1. The minimum absolute atomic E-state index is 0.187. The summed E-state index contributed by atoms with van der Waals surface area (Å²) in [6.45, 7) is 1.40. The Morgan fingerprint density at radius 1 is 1.32 bits per heavy atom. The molecule has 0 saturated carbocycles. The van der Waals surface area contributed by atoms with Crippen LogP contribution in [0.5, 0.6) is 0 Å². The molecule has 0 spiro atoms. The lowest BCUT2D eigenvalue weighted by Gasteiger charge is -2.04. The summed E-state index contributed by atoms with van der Waals surface area (Å²) in [6, 6.07) is 8.89. The fourth-order valence-corrected chi connectivity index (χ4v) is 1.67. The molecule has 1 aromatic carbocycles. The predicted molar refractivity (Wildman–Crippen MR) is 70.2 cm³/mol. The number of hydrogen-bond donors (Lipinski definition) is 2. The number of nitrogen functional groups attached to an aromatic ring is 1. The second-order valence-corrected chi connectivity index (χ2v) is 4.11. The number of halogens is 1. The molecule has 4 nitrogen and oxygen atoms in total. The van der Waals surface area contributed by atoms with Gasteiger partial charge in [-0.1, -0.05) is 6.07 Å². The van der Waals surface area contributed by atoms with Crippen molar-refractivity contribution < 1.29 is 14.6 Å². The van der Waals surface area contributed by atoms with Crippen LogP contribution in [-0.4, -0.2) is 16.5 Å². The number of benzene rings is 1. The Morgan fingerprint density at radius 2 is 2.05 bits per heavy atom. The Balaban J connectivity index is 2.49. The Bertz CT molecular complexity index is 667. The van der Waals surface area contributed by atoms with E-state index in [1.54, 1.807) is 18.2 Å². The third-order valence-corrected chi connectivity index (χ3v) is 2.68. The van der Waals surface area contributed by atoms with Gasteiger partial charge in [-0.25, -0.2) is 9.37 Å². The molecule has 0 amide bonds. The minimum atomic E-state index is -0.401. The van der Waals surface area contributed by atoms with Crippen molar-refractivity contribution in [2.75, 3.05) is 5.73 Å². The minimum Gasteiger partial charge on any atom is -0.397 e. The van der Waals surface area contributed by atoms with Crippen LogP contribution in [-0.2, 0) is 0 Å². The molecular weight excluding hydrogens is 245 g/mol. The van der Waals surface area contributed by atoms with Gasteiger partial charge in [0, 0.05) is 6.92 Å². The number of rotatable bonds is 3. The largest absolute Gasteiger partial charge is 0.397 e. The molecule has 0 radical (unpaired) electrons. The number of nitrogens with two attached hydrogens (primary N) is 2. The average molecular weight is 258 g/mol. The van der Waals surface area contributed by atoms with Crippen LogP contribution in [0.15, 0.2) is 36.4 Å². The number of Topliss-reactive ketones (excluding diaryl/α,β-unsaturated/α-hetero) is 1. The molecule has 0 atom stereocenters. The fraction of sp³-hybridized carbons (Fsp3) is 0.0714. The van der Waals surface area contributed by atoms with Gasteiger partial charge in [-0.2, -0.15) is 0 Å². The maximum atomic E-state index is 13.2. The molecule has 0 aliphatic carbocycles. The number of pyridine rings is 1. The summed E-state index contributed by atoms with van der Waals surface area (Å²) >= 11 is 0. The number of anilines is 1. The van der Waals surface area contributed by atoms with E-state index >= 15 is 0 Å². The first-order valence-corrected chi connectivity index (χ1v) is 5.65. The Morgan fingerprint density at radius 3 is 2.68 bits per heavy atom. The van der Waals surface area contributed by atoms with Crippen molar-refractivity contribution in [3.05, 3.63) is 59.2 Å². The predicted octanol–water partition coefficient (Wildman–Crippen LogP) is 0.602. The molecule has 0 aliphatic heterocycles. The third-order valence-electron chi connectivity index (χ3n) is 2.68. The van der Waals surface area contributed by atoms with E-state index < -0.39 is 5.82 Å². The van der Waals surface area contributed by atoms with Gasteiger partial charge in [0.25, 0.3) is 0 Å². The van der Waals surface area contributed by atoms with Gasteiger partial charge >= 0.3 is 0 Å². The zero-order chi connectivity index (χ0) is 14.0. The highest BCUT2D eigenvalue weighted by atomic mass is 19.1. The first kappa shape index (κ1) is 12.9. The van der Waals surface area contributed by atoms with Gasteiger partial charge in [0.15, 0.2) is 11.5 Å². The zero-order valence-corrected chi connectivity index (χ0v) is 10.4. The highest BCUT2D eigenvalue weighted by molar-refractivity contribution is 6.11. The quantitative estimate of drug-likeness (QED) is 0.625. The highest BCUT2D eigenvalue weighted by Crippen LogP contribution is 2.15. The van der Waals surface area contributed by atoms with E-state index in [1.807, 2.05) is 0 Å². The van der Waals surface area contributed by atoms with E-state index in [0.717, 1.165) is 0 Å². The van der Waals surface area contributed by atoms with Crippen LogP contribution in [0.3, 0.4) is 0 Å². The standard InChI is InChI=1S/C14H12FN3O/c1-8(19)12-6-5-11(16)14(18-12)13(17)9-3-2-4-10(15)7-9/h2-7,17H,16H2,1H3/p+1. The van der Waals surface area contributed by atoms with E-state index in [-0.39, 0.29) is 17.2 Å². The second kappa shape index (κ2) is 4.97. The second-order valence-electron chi connectivity index (χ2n) is 4.11. The fourth-order valence-electron chi connectivity index (χ4n) is 1.67. The van der Waals surface area contributed by atoms with E-state index in [0.29, 0.717) is 16.9 Å². The number of aromatic nitrogens is 1. The maximum Gasteiger partial charge on any atom is 0.232 e. The Labute approximate surface area is 109 Å².